The minimum absolute atomic E-state index is 0.108. The number of hydrogen-bond donors (Lipinski definition) is 2. The zero-order chi connectivity index (χ0) is 16.0. The van der Waals surface area contributed by atoms with E-state index in [0.29, 0.717) is 0 Å². The van der Waals surface area contributed by atoms with Gasteiger partial charge in [-0.1, -0.05) is 12.1 Å². The molecule has 0 aliphatic heterocycles. The topological polar surface area (TPSA) is 75.6 Å². The van der Waals surface area contributed by atoms with E-state index in [4.69, 9.17) is 9.84 Å². The first kappa shape index (κ1) is 16.8. The van der Waals surface area contributed by atoms with Crippen LogP contribution in [0.15, 0.2) is 24.3 Å². The van der Waals surface area contributed by atoms with Crippen molar-refractivity contribution in [2.24, 2.45) is 0 Å². The van der Waals surface area contributed by atoms with Gasteiger partial charge in [-0.2, -0.15) is 8.78 Å². The molecule has 0 fully saturated rings. The normalized spacial score (nSPS) is 12.6. The Morgan fingerprint density at radius 2 is 2.00 bits per heavy atom. The first-order valence-electron chi connectivity index (χ1n) is 6.04. The second-order valence-electron chi connectivity index (χ2n) is 4.02. The van der Waals surface area contributed by atoms with Crippen molar-refractivity contribution < 1.29 is 32.6 Å². The van der Waals surface area contributed by atoms with Crippen LogP contribution in [0.5, 0.6) is 5.75 Å². The summed E-state index contributed by atoms with van der Waals surface area (Å²) in [6.45, 7) is 0.194. The molecule has 0 aromatic heterocycles. The molecule has 0 aliphatic carbocycles. The summed E-state index contributed by atoms with van der Waals surface area (Å²) in [6.07, 6.45) is 0. The number of carboxylic acids is 1. The van der Waals surface area contributed by atoms with Crippen LogP contribution in [-0.4, -0.2) is 36.3 Å². The fourth-order valence-electron chi connectivity index (χ4n) is 1.54. The summed E-state index contributed by atoms with van der Waals surface area (Å²) >= 11 is 0. The van der Waals surface area contributed by atoms with Crippen molar-refractivity contribution in [2.45, 2.75) is 18.9 Å². The third-order valence-corrected chi connectivity index (χ3v) is 2.57. The van der Waals surface area contributed by atoms with Crippen molar-refractivity contribution in [1.82, 2.24) is 5.32 Å². The number of carboxylic acid groups (broad SMARTS) is 1. The lowest BCUT2D eigenvalue weighted by Gasteiger charge is -2.20. The lowest BCUT2D eigenvalue weighted by molar-refractivity contribution is -0.152. The summed E-state index contributed by atoms with van der Waals surface area (Å²) in [5.41, 5.74) is -0.715. The van der Waals surface area contributed by atoms with Gasteiger partial charge in [0.2, 0.25) is 0 Å². The molecule has 1 rings (SSSR count). The third-order valence-electron chi connectivity index (χ3n) is 2.57. The summed E-state index contributed by atoms with van der Waals surface area (Å²) in [5, 5.41) is 10.0. The van der Waals surface area contributed by atoms with Gasteiger partial charge in [-0.25, -0.2) is 9.18 Å². The predicted octanol–water partition coefficient (Wildman–Crippen LogP) is 1.72. The Bertz CT molecular complexity index is 522. The van der Waals surface area contributed by atoms with E-state index in [1.54, 1.807) is 6.92 Å². The largest absolute Gasteiger partial charge is 0.493 e. The highest BCUT2D eigenvalue weighted by molar-refractivity contribution is 5.89. The molecule has 0 heterocycles. The molecule has 1 atom stereocenters. The first-order chi connectivity index (χ1) is 9.84. The molecule has 1 aromatic rings. The van der Waals surface area contributed by atoms with Gasteiger partial charge in [-0.15, -0.1) is 0 Å². The van der Waals surface area contributed by atoms with Crippen molar-refractivity contribution in [3.05, 3.63) is 29.8 Å². The Labute approximate surface area is 118 Å². The molecule has 116 valence electrons. The van der Waals surface area contributed by atoms with Crippen LogP contribution >= 0.6 is 0 Å². The molecule has 1 amide bonds. The van der Waals surface area contributed by atoms with Crippen LogP contribution in [0, 0.1) is 0 Å². The van der Waals surface area contributed by atoms with Crippen molar-refractivity contribution in [3.8, 4) is 5.75 Å². The maximum atomic E-state index is 14.1. The van der Waals surface area contributed by atoms with Crippen molar-refractivity contribution in [3.63, 3.8) is 0 Å². The molecule has 0 aliphatic rings. The van der Waals surface area contributed by atoms with E-state index in [0.717, 1.165) is 6.07 Å². The van der Waals surface area contributed by atoms with Crippen LogP contribution in [0.25, 0.3) is 0 Å². The number of ether oxygens (including phenoxy) is 1. The van der Waals surface area contributed by atoms with Crippen molar-refractivity contribution >= 4 is 11.9 Å². The van der Waals surface area contributed by atoms with Crippen LogP contribution in [0.2, 0.25) is 0 Å². The number of para-hydroxylation sites is 1. The summed E-state index contributed by atoms with van der Waals surface area (Å²) in [5.74, 6) is -7.89. The average Bonchev–Trinajstić information content (AvgIpc) is 2.44. The lowest BCUT2D eigenvalue weighted by Crippen LogP contribution is -2.48. The fraction of sp³-hybridized carbons (Fsp3) is 0.385. The monoisotopic (exact) mass is 305 g/mol. The maximum Gasteiger partial charge on any atom is 0.353 e. The van der Waals surface area contributed by atoms with Gasteiger partial charge in [0.15, 0.2) is 6.04 Å². The van der Waals surface area contributed by atoms with Gasteiger partial charge in [-0.3, -0.25) is 4.79 Å². The number of nitrogens with one attached hydrogen (secondary N) is 1. The first-order valence-corrected chi connectivity index (χ1v) is 6.04. The van der Waals surface area contributed by atoms with Gasteiger partial charge in [0.25, 0.3) is 5.91 Å². The molecular weight excluding hydrogens is 291 g/mol. The molecule has 1 aromatic carbocycles. The van der Waals surface area contributed by atoms with Gasteiger partial charge >= 0.3 is 11.9 Å². The molecule has 0 saturated carbocycles. The van der Waals surface area contributed by atoms with Crippen LogP contribution < -0.4 is 10.1 Å². The van der Waals surface area contributed by atoms with Gasteiger partial charge < -0.3 is 15.2 Å². The van der Waals surface area contributed by atoms with Crippen LogP contribution in [0.3, 0.4) is 0 Å². The second-order valence-corrected chi connectivity index (χ2v) is 4.02. The number of aliphatic carboxylic acids is 1. The standard InChI is InChI=1S/C13H14F3NO4/c1-2-21-10-6-4-3-5-8(10)13(15,16)12(20)17-9(7-14)11(18)19/h3-6,9H,2,7H2,1H3,(H,17,20)(H,18,19). The highest BCUT2D eigenvalue weighted by atomic mass is 19.3. The summed E-state index contributed by atoms with van der Waals surface area (Å²) in [7, 11) is 0. The smallest absolute Gasteiger partial charge is 0.353 e. The Balaban J connectivity index is 3.04. The van der Waals surface area contributed by atoms with Gasteiger partial charge in [0.05, 0.1) is 12.2 Å². The van der Waals surface area contributed by atoms with E-state index in [2.05, 4.69) is 0 Å². The van der Waals surface area contributed by atoms with E-state index < -0.39 is 36.1 Å². The summed E-state index contributed by atoms with van der Waals surface area (Å²) in [4.78, 5) is 22.1. The van der Waals surface area contributed by atoms with E-state index >= 15 is 0 Å². The Kier molecular flexibility index (Phi) is 5.57. The summed E-state index contributed by atoms with van der Waals surface area (Å²) < 4.78 is 45.6. The van der Waals surface area contributed by atoms with E-state index in [1.807, 2.05) is 0 Å². The molecule has 0 bridgehead atoms. The van der Waals surface area contributed by atoms with Gasteiger partial charge in [0, 0.05) is 0 Å². The maximum absolute atomic E-state index is 14.1. The second kappa shape index (κ2) is 6.96. The van der Waals surface area contributed by atoms with Gasteiger partial charge in [-0.05, 0) is 19.1 Å². The zero-order valence-corrected chi connectivity index (χ0v) is 11.1. The number of carbonyl (C=O) groups is 2. The number of amides is 1. The SMILES string of the molecule is CCOc1ccccc1C(F)(F)C(=O)NC(CF)C(=O)O. The highest BCUT2D eigenvalue weighted by Crippen LogP contribution is 2.35. The van der Waals surface area contributed by atoms with Crippen LogP contribution in [0.1, 0.15) is 12.5 Å². The molecular formula is C13H14F3NO4. The van der Waals surface area contributed by atoms with Crippen LogP contribution in [-0.2, 0) is 15.5 Å². The quantitative estimate of drug-likeness (QED) is 0.804. The highest BCUT2D eigenvalue weighted by Gasteiger charge is 2.44. The molecule has 0 spiro atoms. The molecule has 0 radical (unpaired) electrons. The minimum atomic E-state index is -4.05. The van der Waals surface area contributed by atoms with Crippen LogP contribution in [0.4, 0.5) is 13.2 Å². The number of halogens is 3. The van der Waals surface area contributed by atoms with E-state index in [-0.39, 0.29) is 12.4 Å². The number of hydrogen-bond acceptors (Lipinski definition) is 3. The zero-order valence-electron chi connectivity index (χ0n) is 11.1. The average molecular weight is 305 g/mol. The number of carbonyl (C=O) groups excluding carboxylic acids is 1. The Morgan fingerprint density at radius 1 is 1.38 bits per heavy atom. The summed E-state index contributed by atoms with van der Waals surface area (Å²) in [6, 6.07) is 2.94. The lowest BCUT2D eigenvalue weighted by atomic mass is 10.1. The molecule has 0 saturated heterocycles. The van der Waals surface area contributed by atoms with Crippen molar-refractivity contribution in [1.29, 1.82) is 0 Å². The molecule has 8 heteroatoms. The molecule has 2 N–H and O–H groups in total. The van der Waals surface area contributed by atoms with Crippen molar-refractivity contribution in [2.75, 3.05) is 13.3 Å². The number of rotatable bonds is 7. The number of benzene rings is 1. The number of alkyl halides is 3. The molecule has 5 nitrogen and oxygen atoms in total. The predicted molar refractivity (Wildman–Crippen MR) is 67.0 cm³/mol. The molecule has 1 unspecified atom stereocenters. The fourth-order valence-corrected chi connectivity index (χ4v) is 1.54. The van der Waals surface area contributed by atoms with E-state index in [1.165, 1.54) is 23.5 Å². The Morgan fingerprint density at radius 3 is 2.52 bits per heavy atom. The Hall–Kier alpha value is -2.25. The van der Waals surface area contributed by atoms with E-state index in [9.17, 15) is 22.8 Å². The van der Waals surface area contributed by atoms with Gasteiger partial charge in [0.1, 0.15) is 12.4 Å². The molecule has 21 heavy (non-hydrogen) atoms. The third kappa shape index (κ3) is 3.87. The minimum Gasteiger partial charge on any atom is -0.493 e.